The Balaban J connectivity index is 1.28. The molecule has 0 aliphatic rings. The Morgan fingerprint density at radius 3 is 1.86 bits per heavy atom. The van der Waals surface area contributed by atoms with Gasteiger partial charge in [0.25, 0.3) is 30.4 Å². The van der Waals surface area contributed by atoms with E-state index in [1.165, 1.54) is 36.4 Å². The minimum absolute atomic E-state index is 0.0259. The van der Waals surface area contributed by atoms with Crippen LogP contribution in [0.2, 0.25) is 5.28 Å². The number of azo groups is 2. The van der Waals surface area contributed by atoms with Gasteiger partial charge in [-0.1, -0.05) is 34.3 Å². The number of nitrogen functional groups attached to an aromatic ring is 1. The molecule has 32 nitrogen and oxygen atoms in total. The number of phenols is 1. The number of halogens is 1. The molecular weight excluding hydrogens is 1200 g/mol. The van der Waals surface area contributed by atoms with Crippen molar-refractivity contribution in [3.8, 4) is 5.75 Å². The van der Waals surface area contributed by atoms with Crippen LogP contribution in [0.1, 0.15) is 0 Å². The second-order valence-corrected chi connectivity index (χ2v) is 23.8. The molecule has 7 aromatic rings. The van der Waals surface area contributed by atoms with Crippen molar-refractivity contribution >= 4 is 160 Å². The van der Waals surface area contributed by atoms with Crippen LogP contribution in [-0.4, -0.2) is 103 Å². The van der Waals surface area contributed by atoms with E-state index in [1.807, 2.05) is 0 Å². The molecule has 40 heteroatoms. The number of sulfone groups is 1. The van der Waals surface area contributed by atoms with Crippen LogP contribution in [0.5, 0.6) is 5.75 Å². The zero-order valence-corrected chi connectivity index (χ0v) is 43.7. The van der Waals surface area contributed by atoms with Crippen molar-refractivity contribution in [3.05, 3.63) is 90.2 Å². The van der Waals surface area contributed by atoms with Gasteiger partial charge in [-0.2, -0.15) is 48.6 Å². The van der Waals surface area contributed by atoms with E-state index in [4.69, 9.17) is 32.4 Å². The molecule has 0 saturated carbocycles. The third-order valence-corrected chi connectivity index (χ3v) is 16.1. The summed E-state index contributed by atoms with van der Waals surface area (Å²) in [6, 6.07) is 15.7. The molecule has 11 N–H and O–H groups in total. The summed E-state index contributed by atoms with van der Waals surface area (Å²) in [7, 11) is -24.6. The van der Waals surface area contributed by atoms with Crippen molar-refractivity contribution < 1.29 is 98.8 Å². The van der Waals surface area contributed by atoms with E-state index in [9.17, 15) is 60.9 Å². The predicted octanol–water partition coefficient (Wildman–Crippen LogP) is 7.63. The minimum atomic E-state index is -5.32. The first-order valence-electron chi connectivity index (χ1n) is 19.9. The first-order valence-corrected chi connectivity index (χ1v) is 29.1. The molecule has 6 aromatic carbocycles. The van der Waals surface area contributed by atoms with Crippen molar-refractivity contribution in [2.75, 3.05) is 28.7 Å². The van der Waals surface area contributed by atoms with E-state index >= 15 is 0 Å². The fourth-order valence-electron chi connectivity index (χ4n) is 6.75. The lowest BCUT2D eigenvalue weighted by atomic mass is 10.1. The highest BCUT2D eigenvalue weighted by molar-refractivity contribution is 7.95. The Morgan fingerprint density at radius 2 is 1.23 bits per heavy atom. The first kappa shape index (κ1) is 58.2. The Labute approximate surface area is 445 Å². The van der Waals surface area contributed by atoms with Gasteiger partial charge in [-0.15, -0.1) is 29.1 Å². The zero-order valence-electron chi connectivity index (χ0n) is 37.2. The highest BCUT2D eigenvalue weighted by Crippen LogP contribution is 2.50. The van der Waals surface area contributed by atoms with Crippen molar-refractivity contribution in [3.63, 3.8) is 0 Å². The Morgan fingerprint density at radius 1 is 0.623 bits per heavy atom. The molecule has 0 aliphatic heterocycles. The number of nitrogens with two attached hydrogens (primary N) is 1. The Bertz CT molecular complexity index is 4150. The molecule has 0 fully saturated rings. The average molecular weight is 1230 g/mol. The number of anilines is 5. The van der Waals surface area contributed by atoms with Crippen molar-refractivity contribution in [2.24, 2.45) is 20.5 Å². The highest BCUT2D eigenvalue weighted by Gasteiger charge is 2.28. The molecule has 0 atom stereocenters. The van der Waals surface area contributed by atoms with Crippen LogP contribution < -0.4 is 16.4 Å². The first-order chi connectivity index (χ1) is 36.1. The van der Waals surface area contributed by atoms with Gasteiger partial charge in [0.15, 0.2) is 15.6 Å². The number of fused-ring (bicyclic) bond motifs is 2. The summed E-state index contributed by atoms with van der Waals surface area (Å²) in [6.45, 7) is -0.884. The van der Waals surface area contributed by atoms with Crippen LogP contribution in [0.15, 0.2) is 135 Å². The van der Waals surface area contributed by atoms with Crippen LogP contribution >= 0.6 is 35.7 Å². The summed E-state index contributed by atoms with van der Waals surface area (Å²) >= 11 is 6.63. The molecule has 1 aromatic heterocycles. The zero-order chi connectivity index (χ0) is 56.3. The second kappa shape index (κ2) is 23.3. The van der Waals surface area contributed by atoms with Gasteiger partial charge in [0, 0.05) is 22.1 Å². The SMILES string of the molecule is Nc1c(N=Nc2cc(Nc3nc(Cl)nc(Nc4cccc(S(=O)(=O)CCOS(=O)(=O)O)c4)n3)ccc2SOOO)c(S(=O)(=O)O)cc2cc(SOOO)c(/N=N\c3ccc4c(S(=O)(=O)O)cccc4c3S(=O)(=O)O)c(O)c12. The van der Waals surface area contributed by atoms with Gasteiger partial charge >= 0.3 is 10.4 Å². The molecule has 7 rings (SSSR count). The smallest absolute Gasteiger partial charge is 0.397 e. The highest BCUT2D eigenvalue weighted by atomic mass is 35.5. The number of benzene rings is 6. The molecular formula is C37H29ClN10O22S7. The summed E-state index contributed by atoms with van der Waals surface area (Å²) in [5.41, 5.74) is 3.43. The molecule has 77 heavy (non-hydrogen) atoms. The predicted molar refractivity (Wildman–Crippen MR) is 267 cm³/mol. The number of hydrogen-bond donors (Lipinski definition) is 10. The summed E-state index contributed by atoms with van der Waals surface area (Å²) in [5.74, 6) is -2.33. The summed E-state index contributed by atoms with van der Waals surface area (Å²) < 4.78 is 175. The number of hydrogen-bond acceptors (Lipinski definition) is 30. The third kappa shape index (κ3) is 14.2. The van der Waals surface area contributed by atoms with Crippen LogP contribution in [0.25, 0.3) is 21.5 Å². The number of phenolic OH excluding ortho intramolecular Hbond substituents is 1. The van der Waals surface area contributed by atoms with E-state index in [0.29, 0.717) is 12.0 Å². The standard InChI is InChI=1S/C37H29ClN10O22S7/c38-35-42-36(40-18-3-1-4-20(15-18)73(52,53)12-11-66-77(63,64)65)44-37(43-35)41-19-7-10-25(71-69-67-50)24(16-19)46-48-32-28(75(57,58)59)14-17-13-26(72-70-68-51)31(33(49)29(17)30(32)39)47-45-23-9-8-21-22(34(23)76(60,61)62)5-2-6-27(21)74(54,55)56/h1-10,13-16,49-51H,11-12,39H2,(H,54,55,56)(H,57,58,59)(H,60,61,62)(H,63,64,65)(H2,40,41,42,43,44)/b47-45-,48-46?. The normalized spacial score (nSPS) is 12.8. The average Bonchev–Trinajstić information content (AvgIpc) is 3.37. The molecule has 0 saturated heterocycles. The quantitative estimate of drug-likeness (QED) is 0.00778. The monoisotopic (exact) mass is 1220 g/mol. The fraction of sp³-hybridized carbons (Fsp3) is 0.0541. The number of aromatic hydroxyl groups is 1. The molecule has 0 aliphatic carbocycles. The van der Waals surface area contributed by atoms with Crippen molar-refractivity contribution in [1.82, 2.24) is 15.0 Å². The molecule has 408 valence electrons. The maximum Gasteiger partial charge on any atom is 0.397 e. The van der Waals surface area contributed by atoms with E-state index in [2.05, 4.69) is 69.0 Å². The van der Waals surface area contributed by atoms with E-state index in [-0.39, 0.29) is 66.5 Å². The topological polar surface area (TPSA) is 497 Å². The van der Waals surface area contributed by atoms with Crippen LogP contribution in [-0.2, 0) is 73.5 Å². The number of nitrogens with one attached hydrogen (secondary N) is 2. The van der Waals surface area contributed by atoms with Gasteiger partial charge < -0.3 is 21.5 Å². The van der Waals surface area contributed by atoms with Gasteiger partial charge in [-0.25, -0.2) is 23.1 Å². The van der Waals surface area contributed by atoms with E-state index in [0.717, 1.165) is 48.5 Å². The van der Waals surface area contributed by atoms with Gasteiger partial charge in [-0.3, -0.25) is 18.2 Å². The summed E-state index contributed by atoms with van der Waals surface area (Å²) in [5, 5.41) is 56.2. The van der Waals surface area contributed by atoms with Crippen LogP contribution in [0.4, 0.5) is 51.7 Å². The molecule has 1 heterocycles. The van der Waals surface area contributed by atoms with E-state index in [1.54, 1.807) is 0 Å². The van der Waals surface area contributed by atoms with Crippen molar-refractivity contribution in [2.45, 2.75) is 29.4 Å². The Kier molecular flexibility index (Phi) is 17.6. The van der Waals surface area contributed by atoms with E-state index < -0.39 is 122 Å². The minimum Gasteiger partial charge on any atom is -0.505 e. The summed E-state index contributed by atoms with van der Waals surface area (Å²) in [6.07, 6.45) is 0. The largest absolute Gasteiger partial charge is 0.505 e. The molecule has 0 radical (unpaired) electrons. The van der Waals surface area contributed by atoms with Crippen molar-refractivity contribution in [1.29, 1.82) is 0 Å². The van der Waals surface area contributed by atoms with Gasteiger partial charge in [0.1, 0.15) is 37.4 Å². The van der Waals surface area contributed by atoms with Gasteiger partial charge in [0.2, 0.25) is 17.2 Å². The Hall–Kier alpha value is -6.45. The fourth-order valence-corrected chi connectivity index (χ4v) is 11.5. The molecule has 0 spiro atoms. The maximum atomic E-state index is 12.9. The van der Waals surface area contributed by atoms with Crippen LogP contribution in [0, 0.1) is 0 Å². The summed E-state index contributed by atoms with van der Waals surface area (Å²) in [4.78, 5) is 8.68. The second-order valence-electron chi connectivity index (χ2n) is 14.6. The molecule has 0 unspecified atom stereocenters. The number of aromatic nitrogens is 3. The number of rotatable bonds is 22. The van der Waals surface area contributed by atoms with Gasteiger partial charge in [0.05, 0.1) is 62.2 Å². The lowest BCUT2D eigenvalue weighted by molar-refractivity contribution is -0.432. The lowest BCUT2D eigenvalue weighted by Gasteiger charge is -2.14. The third-order valence-electron chi connectivity index (χ3n) is 9.76. The number of nitrogens with zero attached hydrogens (tertiary/aromatic N) is 7. The van der Waals surface area contributed by atoms with Gasteiger partial charge in [-0.05, 0) is 77.7 Å². The lowest BCUT2D eigenvalue weighted by Crippen LogP contribution is -2.15. The maximum absolute atomic E-state index is 12.9. The molecule has 0 bridgehead atoms. The van der Waals surface area contributed by atoms with Crippen LogP contribution in [0.3, 0.4) is 0 Å². The molecule has 0 amide bonds.